The van der Waals surface area contributed by atoms with Gasteiger partial charge in [-0.15, -0.1) is 0 Å². The van der Waals surface area contributed by atoms with Crippen LogP contribution in [0, 0.1) is 6.92 Å². The first-order chi connectivity index (χ1) is 11.5. The fraction of sp³-hybridized carbons (Fsp3) is 0.263. The third-order valence-corrected chi connectivity index (χ3v) is 5.07. The molecule has 2 rings (SSSR count). The first-order valence-electron chi connectivity index (χ1n) is 7.88. The lowest BCUT2D eigenvalue weighted by Crippen LogP contribution is -2.24. The zero-order chi connectivity index (χ0) is 17.4. The minimum absolute atomic E-state index is 0.307. The maximum Gasteiger partial charge on any atom is 0.240 e. The van der Waals surface area contributed by atoms with Crippen LogP contribution in [-0.4, -0.2) is 22.1 Å². The van der Waals surface area contributed by atoms with Crippen LogP contribution < -0.4 is 9.46 Å². The number of benzene rings is 2. The Morgan fingerprint density at radius 1 is 1.04 bits per heavy atom. The van der Waals surface area contributed by atoms with Crippen molar-refractivity contribution >= 4 is 16.1 Å². The molecule has 0 aliphatic heterocycles. The molecule has 0 radical (unpaired) electrons. The molecule has 0 heterocycles. The Bertz CT molecular complexity index is 763. The van der Waals surface area contributed by atoms with Crippen molar-refractivity contribution in [2.45, 2.75) is 24.7 Å². The molecule has 0 saturated carbocycles. The van der Waals surface area contributed by atoms with Gasteiger partial charge in [-0.05, 0) is 49.6 Å². The molecule has 0 spiro atoms. The van der Waals surface area contributed by atoms with Gasteiger partial charge in [0.05, 0.1) is 12.0 Å². The van der Waals surface area contributed by atoms with Crippen LogP contribution in [0.25, 0.3) is 6.08 Å². The van der Waals surface area contributed by atoms with E-state index in [2.05, 4.69) is 4.72 Å². The highest BCUT2D eigenvalue weighted by Crippen LogP contribution is 2.13. The molecule has 0 amide bonds. The number of sulfonamides is 1. The summed E-state index contributed by atoms with van der Waals surface area (Å²) in [6, 6.07) is 14.6. The predicted molar refractivity (Wildman–Crippen MR) is 97.6 cm³/mol. The largest absolute Gasteiger partial charge is 0.497 e. The van der Waals surface area contributed by atoms with Crippen molar-refractivity contribution in [3.63, 3.8) is 0 Å². The summed E-state index contributed by atoms with van der Waals surface area (Å²) < 4.78 is 32.0. The van der Waals surface area contributed by atoms with E-state index in [0.717, 1.165) is 29.7 Å². The smallest absolute Gasteiger partial charge is 0.240 e. The number of methoxy groups -OCH3 is 1. The summed E-state index contributed by atoms with van der Waals surface area (Å²) >= 11 is 0. The lowest BCUT2D eigenvalue weighted by molar-refractivity contribution is 0.415. The van der Waals surface area contributed by atoms with E-state index >= 15 is 0 Å². The van der Waals surface area contributed by atoms with E-state index in [-0.39, 0.29) is 0 Å². The van der Waals surface area contributed by atoms with Gasteiger partial charge in [0.2, 0.25) is 10.0 Å². The van der Waals surface area contributed by atoms with Crippen molar-refractivity contribution in [2.75, 3.05) is 13.7 Å². The molecule has 0 aliphatic rings. The maximum atomic E-state index is 12.1. The predicted octanol–water partition coefficient (Wildman–Crippen LogP) is 3.78. The zero-order valence-corrected chi connectivity index (χ0v) is 14.8. The number of nitrogens with one attached hydrogen (secondary N) is 1. The van der Waals surface area contributed by atoms with Crippen LogP contribution in [0.1, 0.15) is 24.0 Å². The number of aryl methyl sites for hydroxylation is 1. The number of unbranched alkanes of at least 4 members (excludes halogenated alkanes) is 1. The quantitative estimate of drug-likeness (QED) is 0.741. The second kappa shape index (κ2) is 8.66. The minimum Gasteiger partial charge on any atom is -0.497 e. The van der Waals surface area contributed by atoms with Crippen molar-refractivity contribution in [1.82, 2.24) is 4.72 Å². The van der Waals surface area contributed by atoms with E-state index in [1.807, 2.05) is 43.3 Å². The molecule has 0 aliphatic carbocycles. The Kier molecular flexibility index (Phi) is 6.58. The van der Waals surface area contributed by atoms with Gasteiger partial charge < -0.3 is 4.74 Å². The summed E-state index contributed by atoms with van der Waals surface area (Å²) in [5.41, 5.74) is 2.13. The van der Waals surface area contributed by atoms with Crippen LogP contribution in [0.2, 0.25) is 0 Å². The minimum atomic E-state index is -3.41. The van der Waals surface area contributed by atoms with Gasteiger partial charge in [0, 0.05) is 6.54 Å². The molecular weight excluding hydrogens is 322 g/mol. The molecular formula is C19H23NO3S. The third kappa shape index (κ3) is 5.51. The lowest BCUT2D eigenvalue weighted by atomic mass is 10.2. The molecule has 0 bridgehead atoms. The van der Waals surface area contributed by atoms with Gasteiger partial charge in [-0.3, -0.25) is 0 Å². The van der Waals surface area contributed by atoms with Crippen molar-refractivity contribution in [3.8, 4) is 5.75 Å². The average molecular weight is 345 g/mol. The highest BCUT2D eigenvalue weighted by Gasteiger charge is 2.11. The van der Waals surface area contributed by atoms with Crippen molar-refractivity contribution < 1.29 is 13.2 Å². The third-order valence-electron chi connectivity index (χ3n) is 3.60. The highest BCUT2D eigenvalue weighted by atomic mass is 32.2. The van der Waals surface area contributed by atoms with Crippen LogP contribution in [0.15, 0.2) is 59.5 Å². The van der Waals surface area contributed by atoms with Crippen molar-refractivity contribution in [3.05, 3.63) is 65.7 Å². The van der Waals surface area contributed by atoms with E-state index < -0.39 is 10.0 Å². The SMILES string of the molecule is COc1ccc(/C=C/CCCNS(=O)(=O)c2ccc(C)cc2)cc1. The Hall–Kier alpha value is -2.11. The first kappa shape index (κ1) is 18.2. The summed E-state index contributed by atoms with van der Waals surface area (Å²) in [5, 5.41) is 0. The second-order valence-electron chi connectivity index (χ2n) is 5.53. The molecule has 0 unspecified atom stereocenters. The van der Waals surface area contributed by atoms with Crippen LogP contribution in [0.3, 0.4) is 0 Å². The summed E-state index contributed by atoms with van der Waals surface area (Å²) in [6.07, 6.45) is 5.62. The number of ether oxygens (including phenoxy) is 1. The van der Waals surface area contributed by atoms with Crippen LogP contribution >= 0.6 is 0 Å². The first-order valence-corrected chi connectivity index (χ1v) is 9.36. The summed E-state index contributed by atoms with van der Waals surface area (Å²) in [5.74, 6) is 0.831. The standard InChI is InChI=1S/C19H23NO3S/c1-16-7-13-19(14-8-16)24(21,22)20-15-5-3-4-6-17-9-11-18(23-2)12-10-17/h4,6-14,20H,3,5,15H2,1-2H3/b6-4+. The molecule has 0 aromatic heterocycles. The second-order valence-corrected chi connectivity index (χ2v) is 7.30. The van der Waals surface area contributed by atoms with Gasteiger partial charge in [-0.1, -0.05) is 42.0 Å². The van der Waals surface area contributed by atoms with E-state index in [9.17, 15) is 8.42 Å². The summed E-state index contributed by atoms with van der Waals surface area (Å²) in [6.45, 7) is 2.35. The van der Waals surface area contributed by atoms with Crippen molar-refractivity contribution in [2.24, 2.45) is 0 Å². The topological polar surface area (TPSA) is 55.4 Å². The van der Waals surface area contributed by atoms with E-state index in [4.69, 9.17) is 4.74 Å². The maximum absolute atomic E-state index is 12.1. The highest BCUT2D eigenvalue weighted by molar-refractivity contribution is 7.89. The van der Waals surface area contributed by atoms with Crippen molar-refractivity contribution in [1.29, 1.82) is 0 Å². The summed E-state index contributed by atoms with van der Waals surface area (Å²) in [7, 11) is -1.77. The molecule has 2 aromatic carbocycles. The normalized spacial score (nSPS) is 11.8. The van der Waals surface area contributed by atoms with Gasteiger partial charge in [0.1, 0.15) is 5.75 Å². The molecule has 128 valence electrons. The van der Waals surface area contributed by atoms with Gasteiger partial charge in [0.25, 0.3) is 0 Å². The molecule has 24 heavy (non-hydrogen) atoms. The number of rotatable bonds is 8. The Labute approximate surface area is 144 Å². The van der Waals surface area contributed by atoms with Crippen LogP contribution in [0.4, 0.5) is 0 Å². The number of hydrogen-bond donors (Lipinski definition) is 1. The molecule has 5 heteroatoms. The molecule has 0 atom stereocenters. The van der Waals surface area contributed by atoms with E-state index in [1.54, 1.807) is 31.4 Å². The molecule has 0 fully saturated rings. The number of hydrogen-bond acceptors (Lipinski definition) is 3. The van der Waals surface area contributed by atoms with Gasteiger partial charge in [0.15, 0.2) is 0 Å². The average Bonchev–Trinajstić information content (AvgIpc) is 2.59. The molecule has 4 nitrogen and oxygen atoms in total. The van der Waals surface area contributed by atoms with Crippen LogP contribution in [0.5, 0.6) is 5.75 Å². The lowest BCUT2D eigenvalue weighted by Gasteiger charge is -2.06. The fourth-order valence-electron chi connectivity index (χ4n) is 2.16. The molecule has 1 N–H and O–H groups in total. The van der Waals surface area contributed by atoms with E-state index in [1.165, 1.54) is 0 Å². The Balaban J connectivity index is 1.75. The zero-order valence-electron chi connectivity index (χ0n) is 14.0. The van der Waals surface area contributed by atoms with E-state index in [0.29, 0.717) is 11.4 Å². The number of allylic oxidation sites excluding steroid dienone is 1. The van der Waals surface area contributed by atoms with Gasteiger partial charge in [-0.2, -0.15) is 0 Å². The summed E-state index contributed by atoms with van der Waals surface area (Å²) in [4.78, 5) is 0.307. The Morgan fingerprint density at radius 2 is 1.71 bits per heavy atom. The monoisotopic (exact) mass is 345 g/mol. The Morgan fingerprint density at radius 3 is 2.33 bits per heavy atom. The van der Waals surface area contributed by atoms with Crippen LogP contribution in [-0.2, 0) is 10.0 Å². The fourth-order valence-corrected chi connectivity index (χ4v) is 3.24. The van der Waals surface area contributed by atoms with Gasteiger partial charge in [-0.25, -0.2) is 13.1 Å². The van der Waals surface area contributed by atoms with Gasteiger partial charge >= 0.3 is 0 Å². The molecule has 0 saturated heterocycles. The molecule has 2 aromatic rings.